The van der Waals surface area contributed by atoms with Gasteiger partial charge in [0.1, 0.15) is 17.4 Å². The quantitative estimate of drug-likeness (QED) is 0.779. The monoisotopic (exact) mass is 351 g/mol. The molecule has 0 bridgehead atoms. The first-order valence-electron chi connectivity index (χ1n) is 8.48. The average Bonchev–Trinajstić information content (AvgIpc) is 3.25. The molecule has 0 radical (unpaired) electrons. The number of amides is 1. The number of nitrogens with zero attached hydrogens (tertiary/aromatic N) is 2. The van der Waals surface area contributed by atoms with Crippen LogP contribution in [-0.2, 0) is 12.8 Å². The zero-order valence-corrected chi connectivity index (χ0v) is 14.3. The molecule has 0 atom stereocenters. The number of aromatic nitrogens is 2. The van der Waals surface area contributed by atoms with Gasteiger partial charge in [-0.25, -0.2) is 9.07 Å². The van der Waals surface area contributed by atoms with E-state index in [0.717, 1.165) is 36.2 Å². The van der Waals surface area contributed by atoms with E-state index in [4.69, 9.17) is 4.74 Å². The van der Waals surface area contributed by atoms with Gasteiger partial charge in [-0.3, -0.25) is 4.79 Å². The van der Waals surface area contributed by atoms with Crippen molar-refractivity contribution in [2.75, 3.05) is 12.4 Å². The number of methoxy groups -OCH3 is 1. The second-order valence-electron chi connectivity index (χ2n) is 6.17. The first-order chi connectivity index (χ1) is 12.7. The SMILES string of the molecule is COc1ccc(C(=O)Nc2c3c(nn2-c2ccccc2)CCC3)c(F)c1. The third kappa shape index (κ3) is 2.83. The molecule has 1 aliphatic rings. The topological polar surface area (TPSA) is 56.1 Å². The lowest BCUT2D eigenvalue weighted by Gasteiger charge is -2.12. The smallest absolute Gasteiger partial charge is 0.259 e. The number of carbonyl (C=O) groups excluding carboxylic acids is 1. The maximum atomic E-state index is 14.3. The molecule has 5 nitrogen and oxygen atoms in total. The molecule has 0 aliphatic heterocycles. The number of benzene rings is 2. The van der Waals surface area contributed by atoms with Crippen molar-refractivity contribution >= 4 is 11.7 Å². The largest absolute Gasteiger partial charge is 0.497 e. The van der Waals surface area contributed by atoms with Gasteiger partial charge in [0.05, 0.1) is 24.1 Å². The maximum Gasteiger partial charge on any atom is 0.259 e. The van der Waals surface area contributed by atoms with Gasteiger partial charge >= 0.3 is 0 Å². The summed E-state index contributed by atoms with van der Waals surface area (Å²) >= 11 is 0. The minimum atomic E-state index is -0.621. The van der Waals surface area contributed by atoms with E-state index in [0.29, 0.717) is 11.6 Å². The normalized spacial score (nSPS) is 12.7. The van der Waals surface area contributed by atoms with Crippen LogP contribution in [0, 0.1) is 5.82 Å². The summed E-state index contributed by atoms with van der Waals surface area (Å²) in [7, 11) is 1.45. The number of rotatable bonds is 4. The highest BCUT2D eigenvalue weighted by Crippen LogP contribution is 2.31. The molecule has 4 rings (SSSR count). The van der Waals surface area contributed by atoms with E-state index in [-0.39, 0.29) is 5.56 Å². The summed E-state index contributed by atoms with van der Waals surface area (Å²) in [5.74, 6) is -0.139. The Labute approximate surface area is 150 Å². The van der Waals surface area contributed by atoms with Crippen LogP contribution >= 0.6 is 0 Å². The Hall–Kier alpha value is -3.15. The number of ether oxygens (including phenoxy) is 1. The van der Waals surface area contributed by atoms with Crippen LogP contribution in [0.4, 0.5) is 10.2 Å². The Morgan fingerprint density at radius 1 is 1.19 bits per heavy atom. The fourth-order valence-corrected chi connectivity index (χ4v) is 3.26. The highest BCUT2D eigenvalue weighted by molar-refractivity contribution is 6.04. The van der Waals surface area contributed by atoms with Crippen LogP contribution in [0.2, 0.25) is 0 Å². The zero-order valence-electron chi connectivity index (χ0n) is 14.3. The van der Waals surface area contributed by atoms with Gasteiger partial charge in [-0.1, -0.05) is 18.2 Å². The Bertz CT molecular complexity index is 967. The van der Waals surface area contributed by atoms with Gasteiger partial charge in [0.15, 0.2) is 0 Å². The fourth-order valence-electron chi connectivity index (χ4n) is 3.26. The Morgan fingerprint density at radius 3 is 2.73 bits per heavy atom. The minimum absolute atomic E-state index is 0.0293. The number of fused-ring (bicyclic) bond motifs is 1. The van der Waals surface area contributed by atoms with E-state index >= 15 is 0 Å². The average molecular weight is 351 g/mol. The fraction of sp³-hybridized carbons (Fsp3) is 0.200. The third-order valence-electron chi connectivity index (χ3n) is 4.56. The van der Waals surface area contributed by atoms with E-state index in [1.165, 1.54) is 19.2 Å². The van der Waals surface area contributed by atoms with Crippen LogP contribution in [-0.4, -0.2) is 22.8 Å². The van der Waals surface area contributed by atoms with E-state index in [1.807, 2.05) is 30.3 Å². The molecule has 132 valence electrons. The van der Waals surface area contributed by atoms with E-state index in [2.05, 4.69) is 10.4 Å². The van der Waals surface area contributed by atoms with Crippen LogP contribution < -0.4 is 10.1 Å². The van der Waals surface area contributed by atoms with Crippen molar-refractivity contribution in [2.45, 2.75) is 19.3 Å². The van der Waals surface area contributed by atoms with Crippen molar-refractivity contribution in [1.82, 2.24) is 9.78 Å². The van der Waals surface area contributed by atoms with Crippen LogP contribution in [0.15, 0.2) is 48.5 Å². The molecular formula is C20H18FN3O2. The Balaban J connectivity index is 1.71. The highest BCUT2D eigenvalue weighted by Gasteiger charge is 2.25. The van der Waals surface area contributed by atoms with Gasteiger partial charge in [-0.05, 0) is 43.5 Å². The molecule has 1 heterocycles. The second-order valence-corrected chi connectivity index (χ2v) is 6.17. The summed E-state index contributed by atoms with van der Waals surface area (Å²) in [5, 5.41) is 7.51. The van der Waals surface area contributed by atoms with Crippen LogP contribution in [0.3, 0.4) is 0 Å². The molecule has 6 heteroatoms. The summed E-state index contributed by atoms with van der Waals surface area (Å²) in [5.41, 5.74) is 2.83. The van der Waals surface area contributed by atoms with Crippen molar-refractivity contribution in [2.24, 2.45) is 0 Å². The molecule has 0 saturated carbocycles. The van der Waals surface area contributed by atoms with Crippen molar-refractivity contribution in [1.29, 1.82) is 0 Å². The van der Waals surface area contributed by atoms with E-state index < -0.39 is 11.7 Å². The van der Waals surface area contributed by atoms with Crippen LogP contribution in [0.5, 0.6) is 5.75 Å². The Morgan fingerprint density at radius 2 is 2.00 bits per heavy atom. The number of para-hydroxylation sites is 1. The molecule has 1 aromatic heterocycles. The van der Waals surface area contributed by atoms with Crippen LogP contribution in [0.1, 0.15) is 28.0 Å². The number of halogens is 1. The molecule has 0 unspecified atom stereocenters. The number of nitrogens with one attached hydrogen (secondary N) is 1. The number of carbonyl (C=O) groups is 1. The predicted molar refractivity (Wildman–Crippen MR) is 96.5 cm³/mol. The van der Waals surface area contributed by atoms with Gasteiger partial charge in [-0.15, -0.1) is 0 Å². The first-order valence-corrected chi connectivity index (χ1v) is 8.48. The first kappa shape index (κ1) is 16.3. The van der Waals surface area contributed by atoms with Gasteiger partial charge < -0.3 is 10.1 Å². The van der Waals surface area contributed by atoms with Gasteiger partial charge in [0, 0.05) is 11.6 Å². The van der Waals surface area contributed by atoms with Gasteiger partial charge in [-0.2, -0.15) is 5.10 Å². The van der Waals surface area contributed by atoms with E-state index in [1.54, 1.807) is 10.7 Å². The minimum Gasteiger partial charge on any atom is -0.497 e. The maximum absolute atomic E-state index is 14.3. The number of anilines is 1. The molecule has 0 spiro atoms. The number of hydrogen-bond donors (Lipinski definition) is 1. The Kier molecular flexibility index (Phi) is 4.16. The number of aryl methyl sites for hydroxylation is 1. The lowest BCUT2D eigenvalue weighted by molar-refractivity contribution is 0.102. The molecule has 2 aromatic carbocycles. The summed E-state index contributed by atoms with van der Waals surface area (Å²) in [6, 6.07) is 13.8. The highest BCUT2D eigenvalue weighted by atomic mass is 19.1. The summed E-state index contributed by atoms with van der Waals surface area (Å²) in [6.45, 7) is 0. The van der Waals surface area contributed by atoms with Crippen molar-refractivity contribution in [3.63, 3.8) is 0 Å². The third-order valence-corrected chi connectivity index (χ3v) is 4.56. The predicted octanol–water partition coefficient (Wildman–Crippen LogP) is 3.76. The van der Waals surface area contributed by atoms with Crippen molar-refractivity contribution < 1.29 is 13.9 Å². The lowest BCUT2D eigenvalue weighted by atomic mass is 10.1. The van der Waals surface area contributed by atoms with Gasteiger partial charge in [0.2, 0.25) is 0 Å². The van der Waals surface area contributed by atoms with Gasteiger partial charge in [0.25, 0.3) is 5.91 Å². The second kappa shape index (κ2) is 6.63. The lowest BCUT2D eigenvalue weighted by Crippen LogP contribution is -2.17. The molecule has 1 N–H and O–H groups in total. The molecule has 0 saturated heterocycles. The van der Waals surface area contributed by atoms with Crippen molar-refractivity contribution in [3.05, 3.63) is 71.2 Å². The molecule has 0 fully saturated rings. The summed E-state index contributed by atoms with van der Waals surface area (Å²) in [4.78, 5) is 12.7. The molecule has 1 aliphatic carbocycles. The molecule has 26 heavy (non-hydrogen) atoms. The molecule has 3 aromatic rings. The zero-order chi connectivity index (χ0) is 18.1. The standard InChI is InChI=1S/C20H18FN3O2/c1-26-14-10-11-15(17(21)12-14)20(25)22-19-16-8-5-9-18(16)23-24(19)13-6-3-2-4-7-13/h2-4,6-7,10-12H,5,8-9H2,1H3,(H,22,25). The molecular weight excluding hydrogens is 333 g/mol. The summed E-state index contributed by atoms with van der Waals surface area (Å²) < 4.78 is 21.0. The van der Waals surface area contributed by atoms with E-state index in [9.17, 15) is 9.18 Å². The molecule has 1 amide bonds. The van der Waals surface area contributed by atoms with Crippen molar-refractivity contribution in [3.8, 4) is 11.4 Å². The van der Waals surface area contributed by atoms with Crippen LogP contribution in [0.25, 0.3) is 5.69 Å². The summed E-state index contributed by atoms with van der Waals surface area (Å²) in [6.07, 6.45) is 2.74. The number of hydrogen-bond acceptors (Lipinski definition) is 3.